The van der Waals surface area contributed by atoms with Crippen molar-refractivity contribution in [2.24, 2.45) is 0 Å². The number of benzene rings is 1. The lowest BCUT2D eigenvalue weighted by Gasteiger charge is -2.11. The number of carbonyl (C=O) groups is 1. The highest BCUT2D eigenvalue weighted by Gasteiger charge is 2.12. The van der Waals surface area contributed by atoms with E-state index in [-0.39, 0.29) is 5.91 Å². The Bertz CT molecular complexity index is 435. The number of nitrogens with one attached hydrogen (secondary N) is 2. The Morgan fingerprint density at radius 3 is 2.65 bits per heavy atom. The number of methoxy groups -OCH3 is 2. The molecular formula is C14H22N2O4. The van der Waals surface area contributed by atoms with Gasteiger partial charge in [-0.2, -0.15) is 0 Å². The van der Waals surface area contributed by atoms with Gasteiger partial charge in [-0.15, -0.1) is 0 Å². The first-order chi connectivity index (χ1) is 9.58. The highest BCUT2D eigenvalue weighted by Crippen LogP contribution is 2.23. The fourth-order valence-corrected chi connectivity index (χ4v) is 1.66. The van der Waals surface area contributed by atoms with E-state index in [4.69, 9.17) is 14.6 Å². The van der Waals surface area contributed by atoms with E-state index in [2.05, 4.69) is 10.6 Å². The molecule has 0 aromatic heterocycles. The van der Waals surface area contributed by atoms with Crippen LogP contribution in [0.5, 0.6) is 11.5 Å². The van der Waals surface area contributed by atoms with Gasteiger partial charge in [0.25, 0.3) is 5.91 Å². The lowest BCUT2D eigenvalue weighted by atomic mass is 10.1. The zero-order chi connectivity index (χ0) is 15.0. The van der Waals surface area contributed by atoms with E-state index < -0.39 is 6.10 Å². The molecule has 0 radical (unpaired) electrons. The van der Waals surface area contributed by atoms with Crippen molar-refractivity contribution in [1.29, 1.82) is 0 Å². The van der Waals surface area contributed by atoms with Crippen LogP contribution in [-0.4, -0.2) is 51.0 Å². The van der Waals surface area contributed by atoms with Crippen LogP contribution in [0.1, 0.15) is 17.3 Å². The van der Waals surface area contributed by atoms with Crippen molar-refractivity contribution in [2.45, 2.75) is 13.0 Å². The molecule has 0 aliphatic carbocycles. The van der Waals surface area contributed by atoms with Crippen LogP contribution in [0.3, 0.4) is 0 Å². The largest absolute Gasteiger partial charge is 0.497 e. The molecule has 1 amide bonds. The molecule has 3 N–H and O–H groups in total. The van der Waals surface area contributed by atoms with Crippen molar-refractivity contribution in [3.63, 3.8) is 0 Å². The summed E-state index contributed by atoms with van der Waals surface area (Å²) >= 11 is 0. The van der Waals surface area contributed by atoms with E-state index in [1.807, 2.05) is 0 Å². The summed E-state index contributed by atoms with van der Waals surface area (Å²) < 4.78 is 10.3. The van der Waals surface area contributed by atoms with Crippen molar-refractivity contribution >= 4 is 5.91 Å². The number of rotatable bonds is 8. The molecule has 20 heavy (non-hydrogen) atoms. The topological polar surface area (TPSA) is 79.8 Å². The second kappa shape index (κ2) is 8.39. The quantitative estimate of drug-likeness (QED) is 0.602. The Labute approximate surface area is 119 Å². The highest BCUT2D eigenvalue weighted by molar-refractivity contribution is 5.97. The summed E-state index contributed by atoms with van der Waals surface area (Å²) in [7, 11) is 3.06. The molecule has 1 rings (SSSR count). The monoisotopic (exact) mass is 282 g/mol. The molecule has 6 heteroatoms. The number of ether oxygens (including phenoxy) is 2. The Morgan fingerprint density at radius 2 is 2.05 bits per heavy atom. The van der Waals surface area contributed by atoms with Crippen LogP contribution in [0.15, 0.2) is 18.2 Å². The Kier molecular flexibility index (Phi) is 6.83. The molecule has 1 atom stereocenters. The molecular weight excluding hydrogens is 260 g/mol. The van der Waals surface area contributed by atoms with Crippen molar-refractivity contribution < 1.29 is 19.4 Å². The fourth-order valence-electron chi connectivity index (χ4n) is 1.66. The minimum absolute atomic E-state index is 0.223. The highest BCUT2D eigenvalue weighted by atomic mass is 16.5. The summed E-state index contributed by atoms with van der Waals surface area (Å²) in [6.07, 6.45) is -0.399. The summed E-state index contributed by atoms with van der Waals surface area (Å²) in [5.41, 5.74) is 0.433. The van der Waals surface area contributed by atoms with E-state index in [0.717, 1.165) is 0 Å². The van der Waals surface area contributed by atoms with E-state index in [1.165, 1.54) is 7.11 Å². The lowest BCUT2D eigenvalue weighted by Crippen LogP contribution is -2.34. The van der Waals surface area contributed by atoms with Gasteiger partial charge in [-0.3, -0.25) is 4.79 Å². The Balaban J connectivity index is 2.53. The van der Waals surface area contributed by atoms with Gasteiger partial charge in [0.15, 0.2) is 0 Å². The number of hydrogen-bond donors (Lipinski definition) is 3. The van der Waals surface area contributed by atoms with Crippen LogP contribution < -0.4 is 20.1 Å². The minimum atomic E-state index is -0.399. The van der Waals surface area contributed by atoms with Crippen molar-refractivity contribution in [3.8, 4) is 11.5 Å². The summed E-state index contributed by atoms with van der Waals surface area (Å²) in [6, 6.07) is 5.07. The molecule has 0 bridgehead atoms. The first-order valence-electron chi connectivity index (χ1n) is 6.47. The zero-order valence-corrected chi connectivity index (χ0v) is 12.1. The van der Waals surface area contributed by atoms with Crippen molar-refractivity contribution in [1.82, 2.24) is 10.6 Å². The van der Waals surface area contributed by atoms with Crippen LogP contribution in [-0.2, 0) is 0 Å². The Hall–Kier alpha value is -1.79. The van der Waals surface area contributed by atoms with Gasteiger partial charge in [0, 0.05) is 19.6 Å². The van der Waals surface area contributed by atoms with Crippen LogP contribution in [0.4, 0.5) is 0 Å². The molecule has 1 aromatic carbocycles. The van der Waals surface area contributed by atoms with Gasteiger partial charge in [-0.1, -0.05) is 0 Å². The van der Waals surface area contributed by atoms with E-state index in [0.29, 0.717) is 36.7 Å². The number of hydrogen-bond acceptors (Lipinski definition) is 5. The molecule has 0 aliphatic rings. The summed E-state index contributed by atoms with van der Waals surface area (Å²) in [5.74, 6) is 0.878. The molecule has 1 aromatic rings. The van der Waals surface area contributed by atoms with Crippen LogP contribution in [0.2, 0.25) is 0 Å². The Morgan fingerprint density at radius 1 is 1.30 bits per heavy atom. The van der Waals surface area contributed by atoms with E-state index in [9.17, 15) is 4.79 Å². The number of amides is 1. The zero-order valence-electron chi connectivity index (χ0n) is 12.1. The third-order valence-electron chi connectivity index (χ3n) is 2.68. The number of aliphatic hydroxyl groups excluding tert-OH is 1. The third-order valence-corrected chi connectivity index (χ3v) is 2.68. The van der Waals surface area contributed by atoms with Crippen LogP contribution >= 0.6 is 0 Å². The maximum absolute atomic E-state index is 12.1. The number of carbonyl (C=O) groups excluding carboxylic acids is 1. The summed E-state index contributed by atoms with van der Waals surface area (Å²) in [5, 5.41) is 14.9. The third kappa shape index (κ3) is 5.07. The average Bonchev–Trinajstić information content (AvgIpc) is 2.45. The molecule has 112 valence electrons. The van der Waals surface area contributed by atoms with Gasteiger partial charge in [0.1, 0.15) is 11.5 Å². The lowest BCUT2D eigenvalue weighted by molar-refractivity contribution is 0.0950. The summed E-state index contributed by atoms with van der Waals surface area (Å²) in [6.45, 7) is 3.25. The molecule has 6 nitrogen and oxygen atoms in total. The first kappa shape index (κ1) is 16.3. The van der Waals surface area contributed by atoms with Crippen LogP contribution in [0.25, 0.3) is 0 Å². The van der Waals surface area contributed by atoms with Crippen molar-refractivity contribution in [2.75, 3.05) is 33.9 Å². The van der Waals surface area contributed by atoms with Gasteiger partial charge in [-0.05, 0) is 25.1 Å². The standard InChI is InChI=1S/C14H22N2O4/c1-10(17)9-15-6-7-16-14(18)12-8-11(19-2)4-5-13(12)20-3/h4-5,8,10,15,17H,6-7,9H2,1-3H3,(H,16,18). The molecule has 0 saturated carbocycles. The first-order valence-corrected chi connectivity index (χ1v) is 6.47. The second-order valence-corrected chi connectivity index (χ2v) is 4.38. The van der Waals surface area contributed by atoms with Crippen molar-refractivity contribution in [3.05, 3.63) is 23.8 Å². The molecule has 0 aliphatic heterocycles. The normalized spacial score (nSPS) is 11.8. The van der Waals surface area contributed by atoms with Gasteiger partial charge < -0.3 is 25.2 Å². The smallest absolute Gasteiger partial charge is 0.255 e. The van der Waals surface area contributed by atoms with E-state index >= 15 is 0 Å². The van der Waals surface area contributed by atoms with Crippen LogP contribution in [0, 0.1) is 0 Å². The molecule has 0 fully saturated rings. The second-order valence-electron chi connectivity index (χ2n) is 4.38. The number of aliphatic hydroxyl groups is 1. The molecule has 0 saturated heterocycles. The SMILES string of the molecule is COc1ccc(OC)c(C(=O)NCCNCC(C)O)c1. The van der Waals surface area contributed by atoms with E-state index in [1.54, 1.807) is 32.2 Å². The van der Waals surface area contributed by atoms with Gasteiger partial charge in [0.05, 0.1) is 25.9 Å². The van der Waals surface area contributed by atoms with Gasteiger partial charge >= 0.3 is 0 Å². The molecule has 1 unspecified atom stereocenters. The summed E-state index contributed by atoms with van der Waals surface area (Å²) in [4.78, 5) is 12.1. The fraction of sp³-hybridized carbons (Fsp3) is 0.500. The van der Waals surface area contributed by atoms with Gasteiger partial charge in [-0.25, -0.2) is 0 Å². The molecule has 0 heterocycles. The average molecular weight is 282 g/mol. The molecule has 0 spiro atoms. The maximum Gasteiger partial charge on any atom is 0.255 e. The minimum Gasteiger partial charge on any atom is -0.497 e. The predicted molar refractivity (Wildman–Crippen MR) is 76.4 cm³/mol. The maximum atomic E-state index is 12.1. The van der Waals surface area contributed by atoms with Gasteiger partial charge in [0.2, 0.25) is 0 Å². The predicted octanol–water partition coefficient (Wildman–Crippen LogP) is 0.404.